The lowest BCUT2D eigenvalue weighted by Crippen LogP contribution is -3.15. The van der Waals surface area contributed by atoms with Crippen molar-refractivity contribution < 1.29 is 23.0 Å². The molecule has 1 atom stereocenters. The van der Waals surface area contributed by atoms with Gasteiger partial charge in [0.25, 0.3) is 5.69 Å². The molecule has 2 heterocycles. The van der Waals surface area contributed by atoms with E-state index >= 15 is 0 Å². The quantitative estimate of drug-likeness (QED) is 0.584. The zero-order valence-corrected chi connectivity index (χ0v) is 14.9. The molecule has 0 aliphatic carbocycles. The summed E-state index contributed by atoms with van der Waals surface area (Å²) < 4.78 is 32.7. The molecule has 9 heteroatoms. The predicted octanol–water partition coefficient (Wildman–Crippen LogP) is 0.0531. The second-order valence-corrected chi connectivity index (χ2v) is 8.48. The van der Waals surface area contributed by atoms with Crippen LogP contribution in [0.25, 0.3) is 0 Å². The van der Waals surface area contributed by atoms with Crippen molar-refractivity contribution in [2.45, 2.75) is 30.3 Å². The summed E-state index contributed by atoms with van der Waals surface area (Å²) in [5, 5.41) is 11.1. The Hall–Kier alpha value is -1.55. The van der Waals surface area contributed by atoms with Crippen LogP contribution in [0, 0.1) is 10.1 Å². The molecule has 25 heavy (non-hydrogen) atoms. The number of hydrogen-bond acceptors (Lipinski definition) is 5. The number of nitrogens with zero attached hydrogens (tertiary/aromatic N) is 2. The largest absolute Gasteiger partial charge is 0.372 e. The molecule has 0 bridgehead atoms. The maximum Gasteiger partial charge on any atom is 0.289 e. The van der Waals surface area contributed by atoms with Crippen LogP contribution >= 0.6 is 0 Å². The number of nitrogens with one attached hydrogen (secondary N) is 1. The monoisotopic (exact) mass is 370 g/mol. The van der Waals surface area contributed by atoms with Gasteiger partial charge in [-0.05, 0) is 25.3 Å². The lowest BCUT2D eigenvalue weighted by atomic mass is 10.1. The minimum absolute atomic E-state index is 0.223. The zero-order chi connectivity index (χ0) is 17.9. The Morgan fingerprint density at radius 3 is 2.60 bits per heavy atom. The van der Waals surface area contributed by atoms with Crippen LogP contribution in [0.15, 0.2) is 29.2 Å². The number of para-hydroxylation sites is 1. The first-order valence-corrected chi connectivity index (χ1v) is 10.1. The molecular weight excluding hydrogens is 346 g/mol. The smallest absolute Gasteiger partial charge is 0.289 e. The fourth-order valence-electron chi connectivity index (χ4n) is 3.50. The minimum atomic E-state index is -3.85. The summed E-state index contributed by atoms with van der Waals surface area (Å²) in [6.45, 7) is 3.85. The van der Waals surface area contributed by atoms with Crippen molar-refractivity contribution in [2.75, 3.05) is 39.3 Å². The van der Waals surface area contributed by atoms with Gasteiger partial charge in [-0.3, -0.25) is 10.1 Å². The zero-order valence-electron chi connectivity index (χ0n) is 14.1. The topological polar surface area (TPSA) is 94.2 Å². The second-order valence-electron chi connectivity index (χ2n) is 6.57. The van der Waals surface area contributed by atoms with E-state index < -0.39 is 14.9 Å². The van der Waals surface area contributed by atoms with Gasteiger partial charge in [-0.2, -0.15) is 4.31 Å². The molecule has 0 saturated carbocycles. The van der Waals surface area contributed by atoms with Crippen molar-refractivity contribution in [3.63, 3.8) is 0 Å². The van der Waals surface area contributed by atoms with Crippen molar-refractivity contribution in [2.24, 2.45) is 0 Å². The second kappa shape index (κ2) is 7.77. The third kappa shape index (κ3) is 4.17. The van der Waals surface area contributed by atoms with Gasteiger partial charge in [0, 0.05) is 12.7 Å². The van der Waals surface area contributed by atoms with Crippen LogP contribution in [-0.4, -0.2) is 63.1 Å². The average Bonchev–Trinajstić information content (AvgIpc) is 2.63. The standard InChI is InChI=1S/C16H23N3O5S/c20-19(21)15-6-1-2-7-16(15)25(22,23)18-10-8-17(9-11-18)13-14-5-3-4-12-24-14/h1-2,6-7,14H,3-5,8-13H2/p+1/t14-/m1/s1. The SMILES string of the molecule is O=[N+]([O-])c1ccccc1S(=O)(=O)N1CC[NH+](C[C@H]2CCCCO2)CC1. The molecule has 1 N–H and O–H groups in total. The summed E-state index contributed by atoms with van der Waals surface area (Å²) in [4.78, 5) is 11.6. The molecule has 0 amide bonds. The summed E-state index contributed by atoms with van der Waals surface area (Å²) in [5.41, 5.74) is -0.368. The number of nitro benzene ring substituents is 1. The molecule has 1 aromatic rings. The highest BCUT2D eigenvalue weighted by Crippen LogP contribution is 2.26. The van der Waals surface area contributed by atoms with Gasteiger partial charge in [0.05, 0.1) is 31.1 Å². The van der Waals surface area contributed by atoms with Gasteiger partial charge in [-0.15, -0.1) is 0 Å². The number of rotatable bonds is 5. The highest BCUT2D eigenvalue weighted by Gasteiger charge is 2.35. The van der Waals surface area contributed by atoms with Crippen molar-refractivity contribution in [3.05, 3.63) is 34.4 Å². The summed E-state index contributed by atoms with van der Waals surface area (Å²) >= 11 is 0. The van der Waals surface area contributed by atoms with Gasteiger partial charge in [0.15, 0.2) is 4.90 Å². The summed E-state index contributed by atoms with van der Waals surface area (Å²) in [6, 6.07) is 5.53. The van der Waals surface area contributed by atoms with E-state index in [1.807, 2.05) is 0 Å². The van der Waals surface area contributed by atoms with E-state index in [1.54, 1.807) is 0 Å². The molecular formula is C16H24N3O5S+. The molecule has 2 fully saturated rings. The lowest BCUT2D eigenvalue weighted by molar-refractivity contribution is -0.907. The average molecular weight is 370 g/mol. The van der Waals surface area contributed by atoms with Crippen molar-refractivity contribution in [1.29, 1.82) is 0 Å². The first kappa shape index (κ1) is 18.2. The van der Waals surface area contributed by atoms with Crippen LogP contribution in [0.4, 0.5) is 5.69 Å². The molecule has 0 spiro atoms. The molecule has 2 aliphatic heterocycles. The number of quaternary nitrogens is 1. The third-order valence-electron chi connectivity index (χ3n) is 4.90. The molecule has 8 nitrogen and oxygen atoms in total. The molecule has 0 radical (unpaired) electrons. The van der Waals surface area contributed by atoms with E-state index in [1.165, 1.54) is 39.9 Å². The number of ether oxygens (including phenoxy) is 1. The Kier molecular flexibility index (Phi) is 5.67. The van der Waals surface area contributed by atoms with Gasteiger partial charge in [0.1, 0.15) is 12.6 Å². The highest BCUT2D eigenvalue weighted by molar-refractivity contribution is 7.89. The first-order valence-electron chi connectivity index (χ1n) is 8.67. The Labute approximate surface area is 147 Å². The molecule has 1 aromatic carbocycles. The number of sulfonamides is 1. The number of piperazine rings is 1. The van der Waals surface area contributed by atoms with Crippen LogP contribution in [0.1, 0.15) is 19.3 Å². The van der Waals surface area contributed by atoms with Gasteiger partial charge >= 0.3 is 0 Å². The van der Waals surface area contributed by atoms with Crippen LogP contribution in [0.5, 0.6) is 0 Å². The summed E-state index contributed by atoms with van der Waals surface area (Å²) in [5.74, 6) is 0. The Bertz CT molecular complexity index is 710. The molecule has 3 rings (SSSR count). The Morgan fingerprint density at radius 1 is 1.24 bits per heavy atom. The maximum absolute atomic E-state index is 12.8. The highest BCUT2D eigenvalue weighted by atomic mass is 32.2. The van der Waals surface area contributed by atoms with Gasteiger partial charge < -0.3 is 9.64 Å². The van der Waals surface area contributed by atoms with Crippen molar-refractivity contribution in [3.8, 4) is 0 Å². The van der Waals surface area contributed by atoms with Gasteiger partial charge in [-0.25, -0.2) is 8.42 Å². The van der Waals surface area contributed by atoms with Crippen LogP contribution in [-0.2, 0) is 14.8 Å². The Balaban J connectivity index is 1.64. The maximum atomic E-state index is 12.8. The minimum Gasteiger partial charge on any atom is -0.372 e. The predicted molar refractivity (Wildman–Crippen MR) is 91.0 cm³/mol. The van der Waals surface area contributed by atoms with E-state index in [0.29, 0.717) is 26.2 Å². The fourth-order valence-corrected chi connectivity index (χ4v) is 5.10. The van der Waals surface area contributed by atoms with Crippen LogP contribution < -0.4 is 4.90 Å². The van der Waals surface area contributed by atoms with E-state index in [9.17, 15) is 18.5 Å². The van der Waals surface area contributed by atoms with Crippen LogP contribution in [0.2, 0.25) is 0 Å². The van der Waals surface area contributed by atoms with Crippen molar-refractivity contribution in [1.82, 2.24) is 4.31 Å². The molecule has 138 valence electrons. The lowest BCUT2D eigenvalue weighted by Gasteiger charge is -2.34. The summed E-state index contributed by atoms with van der Waals surface area (Å²) in [6.07, 6.45) is 3.65. The molecule has 2 aliphatic rings. The van der Waals surface area contributed by atoms with Crippen molar-refractivity contribution >= 4 is 15.7 Å². The van der Waals surface area contributed by atoms with E-state index in [0.717, 1.165) is 26.0 Å². The molecule has 0 unspecified atom stereocenters. The van der Waals surface area contributed by atoms with E-state index in [-0.39, 0.29) is 16.7 Å². The van der Waals surface area contributed by atoms with Crippen LogP contribution in [0.3, 0.4) is 0 Å². The first-order chi connectivity index (χ1) is 12.0. The van der Waals surface area contributed by atoms with Gasteiger partial charge in [0.2, 0.25) is 10.0 Å². The third-order valence-corrected chi connectivity index (χ3v) is 6.85. The van der Waals surface area contributed by atoms with E-state index in [2.05, 4.69) is 0 Å². The Morgan fingerprint density at radius 2 is 1.96 bits per heavy atom. The van der Waals surface area contributed by atoms with E-state index in [4.69, 9.17) is 4.74 Å². The summed E-state index contributed by atoms with van der Waals surface area (Å²) in [7, 11) is -3.85. The normalized spacial score (nSPS) is 23.4. The van der Waals surface area contributed by atoms with Gasteiger partial charge in [-0.1, -0.05) is 12.1 Å². The number of nitro groups is 1. The number of hydrogen-bond donors (Lipinski definition) is 1. The fraction of sp³-hybridized carbons (Fsp3) is 0.625. The molecule has 0 aromatic heterocycles. The number of benzene rings is 1. The molecule has 2 saturated heterocycles.